The van der Waals surface area contributed by atoms with Gasteiger partial charge in [-0.3, -0.25) is 5.32 Å². The number of hydrogen-bond donors (Lipinski definition) is 3. The summed E-state index contributed by atoms with van der Waals surface area (Å²) in [6, 6.07) is 11.8. The van der Waals surface area contributed by atoms with Gasteiger partial charge in [-0.05, 0) is 29.8 Å². The summed E-state index contributed by atoms with van der Waals surface area (Å²) in [4.78, 5) is 23.7. The molecule has 0 spiro atoms. The van der Waals surface area contributed by atoms with Crippen molar-refractivity contribution in [3.63, 3.8) is 0 Å². The van der Waals surface area contributed by atoms with E-state index in [-0.39, 0.29) is 20.0 Å². The van der Waals surface area contributed by atoms with Crippen molar-refractivity contribution in [2.75, 3.05) is 25.3 Å². The van der Waals surface area contributed by atoms with Crippen LogP contribution >= 0.6 is 0 Å². The number of ether oxygens (including phenoxy) is 4. The highest BCUT2D eigenvalue weighted by Gasteiger charge is 2.33. The third kappa shape index (κ3) is 5.92. The maximum atomic E-state index is 12.7. The van der Waals surface area contributed by atoms with Gasteiger partial charge in [0, 0.05) is 23.2 Å². The summed E-state index contributed by atoms with van der Waals surface area (Å²) < 4.78 is 21.7. The quantitative estimate of drug-likeness (QED) is 0.501. The first-order valence-corrected chi connectivity index (χ1v) is 9.91. The van der Waals surface area contributed by atoms with Gasteiger partial charge < -0.3 is 29.2 Å². The van der Waals surface area contributed by atoms with E-state index < -0.39 is 23.6 Å². The fourth-order valence-corrected chi connectivity index (χ4v) is 3.15. The Morgan fingerprint density at radius 3 is 2.56 bits per heavy atom. The van der Waals surface area contributed by atoms with Gasteiger partial charge in [0.15, 0.2) is 11.5 Å². The van der Waals surface area contributed by atoms with Gasteiger partial charge in [-0.15, -0.1) is 0 Å². The molecule has 0 unspecified atom stereocenters. The number of carboxylic acids is 1. The van der Waals surface area contributed by atoms with Crippen LogP contribution in [-0.4, -0.2) is 42.3 Å². The number of nitrogens with one attached hydrogen (secondary N) is 1. The van der Waals surface area contributed by atoms with Crippen molar-refractivity contribution in [1.82, 2.24) is 0 Å². The fourth-order valence-electron chi connectivity index (χ4n) is 3.15. The first kappa shape index (κ1) is 23.0. The van der Waals surface area contributed by atoms with Gasteiger partial charge in [-0.1, -0.05) is 32.1 Å². The smallest absolute Gasteiger partial charge is 0.412 e. The van der Waals surface area contributed by atoms with Gasteiger partial charge in [0.25, 0.3) is 0 Å². The minimum Gasteiger partial charge on any atom is -0.491 e. The van der Waals surface area contributed by atoms with Crippen LogP contribution in [0.2, 0.25) is 0 Å². The first-order valence-electron chi connectivity index (χ1n) is 9.91. The molecule has 2 aromatic rings. The lowest BCUT2D eigenvalue weighted by Gasteiger charge is -2.31. The van der Waals surface area contributed by atoms with E-state index in [2.05, 4.69) is 5.32 Å². The van der Waals surface area contributed by atoms with Gasteiger partial charge in [-0.2, -0.15) is 0 Å². The average Bonchev–Trinajstić information content (AvgIpc) is 3.23. The minimum absolute atomic E-state index is 0.111. The van der Waals surface area contributed by atoms with Crippen LogP contribution in [0.3, 0.4) is 0 Å². The molecule has 9 nitrogen and oxygen atoms in total. The molecular formula is C23H25NO8. The van der Waals surface area contributed by atoms with Crippen LogP contribution in [0.5, 0.6) is 17.2 Å². The Morgan fingerprint density at radius 1 is 1.16 bits per heavy atom. The lowest BCUT2D eigenvalue weighted by Crippen LogP contribution is -2.27. The summed E-state index contributed by atoms with van der Waals surface area (Å²) in [6.07, 6.45) is 0.972. The molecule has 32 heavy (non-hydrogen) atoms. The summed E-state index contributed by atoms with van der Waals surface area (Å²) in [5.41, 5.74) is 0.254. The van der Waals surface area contributed by atoms with Gasteiger partial charge in [0.1, 0.15) is 18.5 Å². The third-order valence-corrected chi connectivity index (χ3v) is 4.72. The molecule has 1 aliphatic rings. The highest BCUT2D eigenvalue weighted by molar-refractivity contribution is 5.85. The second-order valence-electron chi connectivity index (χ2n) is 7.61. The van der Waals surface area contributed by atoms with Crippen molar-refractivity contribution in [2.45, 2.75) is 20.0 Å². The predicted molar refractivity (Wildman–Crippen MR) is 115 cm³/mol. The van der Waals surface area contributed by atoms with Crippen LogP contribution in [0, 0.1) is 5.41 Å². The topological polar surface area (TPSA) is 124 Å². The number of fused-ring (bicyclic) bond motifs is 1. The molecule has 0 aliphatic carbocycles. The molecule has 1 aliphatic heterocycles. The third-order valence-electron chi connectivity index (χ3n) is 4.72. The normalized spacial score (nSPS) is 13.6. The number of carbonyl (C=O) groups is 2. The van der Waals surface area contributed by atoms with E-state index in [1.54, 1.807) is 56.3 Å². The van der Waals surface area contributed by atoms with E-state index in [1.165, 1.54) is 6.08 Å². The molecule has 1 heterocycles. The zero-order valence-corrected chi connectivity index (χ0v) is 17.7. The largest absolute Gasteiger partial charge is 0.491 e. The van der Waals surface area contributed by atoms with Gasteiger partial charge in [0.05, 0.1) is 6.61 Å². The van der Waals surface area contributed by atoms with Crippen LogP contribution in [0.1, 0.15) is 25.5 Å². The average molecular weight is 443 g/mol. The number of aliphatic carboxylic acids is 1. The molecule has 9 heteroatoms. The summed E-state index contributed by atoms with van der Waals surface area (Å²) in [5.74, 6) is 0.549. The molecule has 0 bridgehead atoms. The second kappa shape index (κ2) is 10.1. The Bertz CT molecular complexity index is 984. The zero-order valence-electron chi connectivity index (χ0n) is 17.7. The summed E-state index contributed by atoms with van der Waals surface area (Å²) in [6.45, 7) is 3.69. The number of amides is 1. The van der Waals surface area contributed by atoms with Crippen LogP contribution in [0.4, 0.5) is 10.5 Å². The van der Waals surface area contributed by atoms with Crippen molar-refractivity contribution < 1.29 is 38.7 Å². The van der Waals surface area contributed by atoms with E-state index >= 15 is 0 Å². The van der Waals surface area contributed by atoms with Crippen LogP contribution in [-0.2, 0) is 9.53 Å². The SMILES string of the molecule is CC(C)(/C=C/C(=O)O)[C@H](OC(=O)Nc1ccc2c(c1)OCO2)c1ccc(OCCO)cc1. The molecule has 0 radical (unpaired) electrons. The number of anilines is 1. The Morgan fingerprint density at radius 2 is 1.88 bits per heavy atom. The van der Waals surface area contributed by atoms with E-state index in [9.17, 15) is 9.59 Å². The number of carboxylic acid groups (broad SMARTS) is 1. The lowest BCUT2D eigenvalue weighted by molar-refractivity contribution is -0.131. The van der Waals surface area contributed by atoms with Gasteiger partial charge >= 0.3 is 12.1 Å². The molecule has 1 atom stereocenters. The molecule has 3 N–H and O–H groups in total. The molecule has 0 fully saturated rings. The lowest BCUT2D eigenvalue weighted by atomic mass is 9.82. The predicted octanol–water partition coefficient (Wildman–Crippen LogP) is 3.74. The fraction of sp³-hybridized carbons (Fsp3) is 0.304. The van der Waals surface area contributed by atoms with Crippen molar-refractivity contribution in [3.8, 4) is 17.2 Å². The van der Waals surface area contributed by atoms with Gasteiger partial charge in [0.2, 0.25) is 6.79 Å². The molecule has 0 aromatic heterocycles. The molecule has 170 valence electrons. The van der Waals surface area contributed by atoms with E-state index in [1.807, 2.05) is 0 Å². The number of hydrogen-bond acceptors (Lipinski definition) is 7. The van der Waals surface area contributed by atoms with Crippen LogP contribution in [0.15, 0.2) is 54.6 Å². The van der Waals surface area contributed by atoms with Crippen molar-refractivity contribution in [1.29, 1.82) is 0 Å². The first-order chi connectivity index (χ1) is 15.3. The summed E-state index contributed by atoms with van der Waals surface area (Å²) in [7, 11) is 0. The Hall–Kier alpha value is -3.72. The summed E-state index contributed by atoms with van der Waals surface area (Å²) >= 11 is 0. The Labute approximate surface area is 185 Å². The van der Waals surface area contributed by atoms with E-state index in [0.29, 0.717) is 28.5 Å². The minimum atomic E-state index is -1.10. The van der Waals surface area contributed by atoms with Crippen molar-refractivity contribution in [3.05, 3.63) is 60.2 Å². The molecule has 1 amide bonds. The van der Waals surface area contributed by atoms with Crippen LogP contribution < -0.4 is 19.5 Å². The van der Waals surface area contributed by atoms with E-state index in [0.717, 1.165) is 6.08 Å². The standard InChI is InChI=1S/C23H25NO8/c1-23(2,10-9-20(26)27)21(15-3-6-17(7-4-15)29-12-11-25)32-22(28)24-16-5-8-18-19(13-16)31-14-30-18/h3-10,13,21,25H,11-12,14H2,1-2H3,(H,24,28)(H,26,27)/b10-9+/t21-/m1/s1. The van der Waals surface area contributed by atoms with Gasteiger partial charge in [-0.25, -0.2) is 9.59 Å². The highest BCUT2D eigenvalue weighted by Crippen LogP contribution is 2.39. The monoisotopic (exact) mass is 443 g/mol. The maximum Gasteiger partial charge on any atom is 0.412 e. The number of carbonyl (C=O) groups excluding carboxylic acids is 1. The Kier molecular flexibility index (Phi) is 7.21. The molecule has 0 saturated carbocycles. The Balaban J connectivity index is 1.80. The second-order valence-corrected chi connectivity index (χ2v) is 7.61. The highest BCUT2D eigenvalue weighted by atomic mass is 16.7. The number of aliphatic hydroxyl groups excluding tert-OH is 1. The number of rotatable bonds is 9. The number of aliphatic hydroxyl groups is 1. The zero-order chi connectivity index (χ0) is 23.1. The number of benzene rings is 2. The molecule has 0 saturated heterocycles. The van der Waals surface area contributed by atoms with Crippen LogP contribution in [0.25, 0.3) is 0 Å². The van der Waals surface area contributed by atoms with Crippen molar-refractivity contribution >= 4 is 17.7 Å². The molecule has 3 rings (SSSR count). The van der Waals surface area contributed by atoms with Crippen molar-refractivity contribution in [2.24, 2.45) is 5.41 Å². The molecule has 2 aromatic carbocycles. The summed E-state index contributed by atoms with van der Waals surface area (Å²) in [5, 5.41) is 20.6. The maximum absolute atomic E-state index is 12.7. The van der Waals surface area contributed by atoms with E-state index in [4.69, 9.17) is 29.2 Å². The molecular weight excluding hydrogens is 418 g/mol.